The quantitative estimate of drug-likeness (QED) is 0.469. The van der Waals surface area contributed by atoms with Gasteiger partial charge in [-0.25, -0.2) is 13.2 Å². The minimum atomic E-state index is -4.08. The molecule has 26 heavy (non-hydrogen) atoms. The summed E-state index contributed by atoms with van der Waals surface area (Å²) >= 11 is 0. The van der Waals surface area contributed by atoms with Crippen molar-refractivity contribution in [2.45, 2.75) is 25.7 Å². The molecular formula is C17H18N2O6S. The molecule has 0 aliphatic rings. The number of nitro groups is 1. The van der Waals surface area contributed by atoms with Crippen LogP contribution in [0.5, 0.6) is 0 Å². The lowest BCUT2D eigenvalue weighted by Gasteiger charge is -2.14. The number of non-ortho nitro benzene ring substituents is 1. The van der Waals surface area contributed by atoms with Crippen molar-refractivity contribution in [2.24, 2.45) is 0 Å². The van der Waals surface area contributed by atoms with Crippen LogP contribution in [-0.2, 0) is 14.8 Å². The molecule has 0 heterocycles. The van der Waals surface area contributed by atoms with Gasteiger partial charge < -0.3 is 4.74 Å². The molecule has 0 aliphatic heterocycles. The van der Waals surface area contributed by atoms with Gasteiger partial charge in [-0.05, 0) is 44.0 Å². The number of hydrogen-bond donors (Lipinski definition) is 1. The summed E-state index contributed by atoms with van der Waals surface area (Å²) in [5.74, 6) is -0.558. The largest absolute Gasteiger partial charge is 0.462 e. The van der Waals surface area contributed by atoms with Gasteiger partial charge >= 0.3 is 5.97 Å². The fourth-order valence-corrected chi connectivity index (χ4v) is 3.76. The Bertz CT molecular complexity index is 969. The third-order valence-corrected chi connectivity index (χ3v) is 5.25. The number of benzene rings is 2. The van der Waals surface area contributed by atoms with E-state index in [1.165, 1.54) is 30.3 Å². The second kappa shape index (κ2) is 7.52. The lowest BCUT2D eigenvalue weighted by molar-refractivity contribution is -0.385. The van der Waals surface area contributed by atoms with E-state index in [0.717, 1.165) is 6.07 Å². The number of carbonyl (C=O) groups excluding carboxylic acids is 1. The number of rotatable bonds is 6. The van der Waals surface area contributed by atoms with Gasteiger partial charge in [-0.3, -0.25) is 14.8 Å². The van der Waals surface area contributed by atoms with E-state index >= 15 is 0 Å². The van der Waals surface area contributed by atoms with Gasteiger partial charge in [0.2, 0.25) is 0 Å². The molecule has 2 aromatic carbocycles. The maximum atomic E-state index is 12.7. The Balaban J connectivity index is 2.45. The highest BCUT2D eigenvalue weighted by Crippen LogP contribution is 2.26. The monoisotopic (exact) mass is 378 g/mol. The number of aryl methyl sites for hydroxylation is 1. The standard InChI is InChI=1S/C17H18N2O6S/c1-4-25-17(20)14-6-5-7-15(12(14)3)18-26(23,24)16-10-13(19(21)22)9-8-11(16)2/h5-10,18H,4H2,1-3H3. The fraction of sp³-hybridized carbons (Fsp3) is 0.235. The third-order valence-electron chi connectivity index (χ3n) is 3.75. The molecule has 0 atom stereocenters. The molecule has 138 valence electrons. The molecule has 8 nitrogen and oxygen atoms in total. The lowest BCUT2D eigenvalue weighted by Crippen LogP contribution is -2.16. The van der Waals surface area contributed by atoms with E-state index in [1.54, 1.807) is 20.8 Å². The zero-order valence-corrected chi connectivity index (χ0v) is 15.3. The fourth-order valence-electron chi connectivity index (χ4n) is 2.37. The number of ether oxygens (including phenoxy) is 1. The number of anilines is 1. The first-order chi connectivity index (χ1) is 12.2. The Kier molecular flexibility index (Phi) is 5.61. The molecule has 0 radical (unpaired) electrons. The molecule has 0 aliphatic carbocycles. The molecule has 0 aromatic heterocycles. The molecule has 0 bridgehead atoms. The number of carbonyl (C=O) groups is 1. The molecule has 2 aromatic rings. The molecular weight excluding hydrogens is 360 g/mol. The van der Waals surface area contributed by atoms with E-state index in [0.29, 0.717) is 11.1 Å². The summed E-state index contributed by atoms with van der Waals surface area (Å²) in [6.07, 6.45) is 0. The highest BCUT2D eigenvalue weighted by atomic mass is 32.2. The third kappa shape index (κ3) is 3.99. The minimum absolute atomic E-state index is 0.196. The summed E-state index contributed by atoms with van der Waals surface area (Å²) in [7, 11) is -4.08. The molecule has 0 fully saturated rings. The summed E-state index contributed by atoms with van der Waals surface area (Å²) in [5.41, 5.74) is 0.872. The van der Waals surface area contributed by atoms with Crippen LogP contribution >= 0.6 is 0 Å². The van der Waals surface area contributed by atoms with Crippen molar-refractivity contribution in [2.75, 3.05) is 11.3 Å². The molecule has 0 spiro atoms. The van der Waals surface area contributed by atoms with E-state index in [2.05, 4.69) is 4.72 Å². The maximum Gasteiger partial charge on any atom is 0.338 e. The van der Waals surface area contributed by atoms with Crippen LogP contribution in [0.15, 0.2) is 41.3 Å². The predicted molar refractivity (Wildman–Crippen MR) is 95.8 cm³/mol. The number of nitrogens with one attached hydrogen (secondary N) is 1. The van der Waals surface area contributed by atoms with Crippen LogP contribution in [0, 0.1) is 24.0 Å². The highest BCUT2D eigenvalue weighted by Gasteiger charge is 2.22. The van der Waals surface area contributed by atoms with E-state index in [-0.39, 0.29) is 28.4 Å². The highest BCUT2D eigenvalue weighted by molar-refractivity contribution is 7.92. The Morgan fingerprint density at radius 1 is 1.23 bits per heavy atom. The van der Waals surface area contributed by atoms with Gasteiger partial charge in [-0.1, -0.05) is 12.1 Å². The Hall–Kier alpha value is -2.94. The number of esters is 1. The Morgan fingerprint density at radius 3 is 2.54 bits per heavy atom. The summed E-state index contributed by atoms with van der Waals surface area (Å²) < 4.78 is 32.8. The molecule has 0 saturated heterocycles. The second-order valence-corrected chi connectivity index (χ2v) is 7.16. The molecule has 0 saturated carbocycles. The summed E-state index contributed by atoms with van der Waals surface area (Å²) in [5, 5.41) is 10.9. The van der Waals surface area contributed by atoms with Crippen LogP contribution in [-0.4, -0.2) is 25.9 Å². The number of hydrogen-bond acceptors (Lipinski definition) is 6. The Labute approximate surface area is 151 Å². The first-order valence-corrected chi connectivity index (χ1v) is 9.20. The average Bonchev–Trinajstić information content (AvgIpc) is 2.56. The predicted octanol–water partition coefficient (Wildman–Crippen LogP) is 3.19. The first-order valence-electron chi connectivity index (χ1n) is 7.72. The van der Waals surface area contributed by atoms with Gasteiger partial charge in [0.05, 0.1) is 27.7 Å². The van der Waals surface area contributed by atoms with Crippen molar-refractivity contribution in [3.63, 3.8) is 0 Å². The van der Waals surface area contributed by atoms with Crippen LogP contribution in [0.25, 0.3) is 0 Å². The minimum Gasteiger partial charge on any atom is -0.462 e. The summed E-state index contributed by atoms with van der Waals surface area (Å²) in [4.78, 5) is 22.0. The van der Waals surface area contributed by atoms with Crippen molar-refractivity contribution in [3.8, 4) is 0 Å². The van der Waals surface area contributed by atoms with Crippen LogP contribution in [0.1, 0.15) is 28.4 Å². The van der Waals surface area contributed by atoms with Crippen molar-refractivity contribution in [1.29, 1.82) is 0 Å². The van der Waals surface area contributed by atoms with E-state index in [4.69, 9.17) is 4.74 Å². The lowest BCUT2D eigenvalue weighted by atomic mass is 10.1. The molecule has 9 heteroatoms. The number of sulfonamides is 1. The normalized spacial score (nSPS) is 11.0. The van der Waals surface area contributed by atoms with E-state index in [1.807, 2.05) is 0 Å². The van der Waals surface area contributed by atoms with E-state index < -0.39 is 20.9 Å². The van der Waals surface area contributed by atoms with E-state index in [9.17, 15) is 23.3 Å². The van der Waals surface area contributed by atoms with Crippen LogP contribution < -0.4 is 4.72 Å². The Morgan fingerprint density at radius 2 is 1.92 bits per heavy atom. The smallest absolute Gasteiger partial charge is 0.338 e. The van der Waals surface area contributed by atoms with Crippen molar-refractivity contribution < 1.29 is 22.9 Å². The van der Waals surface area contributed by atoms with Crippen LogP contribution in [0.2, 0.25) is 0 Å². The number of nitrogens with zero attached hydrogens (tertiary/aromatic N) is 1. The zero-order chi connectivity index (χ0) is 19.5. The summed E-state index contributed by atoms with van der Waals surface area (Å²) in [6, 6.07) is 8.17. The van der Waals surface area contributed by atoms with Gasteiger partial charge in [0.15, 0.2) is 0 Å². The van der Waals surface area contributed by atoms with Gasteiger partial charge in [0.1, 0.15) is 0 Å². The molecule has 0 amide bonds. The molecule has 1 N–H and O–H groups in total. The molecule has 2 rings (SSSR count). The average molecular weight is 378 g/mol. The van der Waals surface area contributed by atoms with Crippen LogP contribution in [0.3, 0.4) is 0 Å². The van der Waals surface area contributed by atoms with Gasteiger partial charge in [-0.2, -0.15) is 0 Å². The van der Waals surface area contributed by atoms with Crippen LogP contribution in [0.4, 0.5) is 11.4 Å². The van der Waals surface area contributed by atoms with Gasteiger partial charge in [-0.15, -0.1) is 0 Å². The van der Waals surface area contributed by atoms with Crippen molar-refractivity contribution >= 4 is 27.4 Å². The van der Waals surface area contributed by atoms with Gasteiger partial charge in [0.25, 0.3) is 15.7 Å². The molecule has 0 unspecified atom stereocenters. The topological polar surface area (TPSA) is 116 Å². The van der Waals surface area contributed by atoms with Gasteiger partial charge in [0, 0.05) is 12.1 Å². The summed E-state index contributed by atoms with van der Waals surface area (Å²) in [6.45, 7) is 5.00. The number of nitro benzene ring substituents is 1. The zero-order valence-electron chi connectivity index (χ0n) is 14.5. The SMILES string of the molecule is CCOC(=O)c1cccc(NS(=O)(=O)c2cc([N+](=O)[O-])ccc2C)c1C. The van der Waals surface area contributed by atoms with Crippen molar-refractivity contribution in [3.05, 3.63) is 63.2 Å². The van der Waals surface area contributed by atoms with Crippen molar-refractivity contribution in [1.82, 2.24) is 0 Å². The second-order valence-electron chi connectivity index (χ2n) is 5.51. The maximum absolute atomic E-state index is 12.7. The first kappa shape index (κ1) is 19.4.